The summed E-state index contributed by atoms with van der Waals surface area (Å²) in [4.78, 5) is 0. The first kappa shape index (κ1) is 14.3. The van der Waals surface area contributed by atoms with Crippen molar-refractivity contribution in [3.8, 4) is 11.4 Å². The van der Waals surface area contributed by atoms with Crippen LogP contribution in [0.1, 0.15) is 45.6 Å². The highest BCUT2D eigenvalue weighted by molar-refractivity contribution is 5.67. The second kappa shape index (κ2) is 6.36. The molecule has 6 nitrogen and oxygen atoms in total. The Morgan fingerprint density at radius 3 is 2.50 bits per heavy atom. The number of hydrogen-bond acceptors (Lipinski definition) is 5. The van der Waals surface area contributed by atoms with E-state index in [0.717, 1.165) is 12.0 Å². The number of rotatable bonds is 6. The Labute approximate surface area is 119 Å². The zero-order valence-electron chi connectivity index (χ0n) is 12.1. The summed E-state index contributed by atoms with van der Waals surface area (Å²) in [5, 5.41) is 12.0. The van der Waals surface area contributed by atoms with Crippen LogP contribution >= 0.6 is 0 Å². The Kier molecular flexibility index (Phi) is 4.55. The molecule has 20 heavy (non-hydrogen) atoms. The Hall–Kier alpha value is -2.11. The standard InChI is InChI=1S/C14H22N6/c1-3-4-5-6-10(2)20-14(17-18-19-20)11-7-12(15)9-13(16)8-11/h7-10H,3-6,15-16H2,1-2H3. The van der Waals surface area contributed by atoms with Gasteiger partial charge in [-0.05, 0) is 42.0 Å². The summed E-state index contributed by atoms with van der Waals surface area (Å²) in [6.45, 7) is 4.33. The maximum absolute atomic E-state index is 5.83. The van der Waals surface area contributed by atoms with Gasteiger partial charge >= 0.3 is 0 Å². The number of tetrazole rings is 1. The molecule has 0 bridgehead atoms. The highest BCUT2D eigenvalue weighted by Gasteiger charge is 2.15. The highest BCUT2D eigenvalue weighted by atomic mass is 15.5. The molecule has 1 heterocycles. The summed E-state index contributed by atoms with van der Waals surface area (Å²) >= 11 is 0. The molecule has 0 radical (unpaired) electrons. The molecule has 2 rings (SSSR count). The third-order valence-electron chi connectivity index (χ3n) is 3.37. The van der Waals surface area contributed by atoms with Crippen molar-refractivity contribution >= 4 is 11.4 Å². The molecule has 0 saturated heterocycles. The number of anilines is 2. The van der Waals surface area contributed by atoms with Gasteiger partial charge in [-0.1, -0.05) is 26.2 Å². The number of benzene rings is 1. The lowest BCUT2D eigenvalue weighted by atomic mass is 10.1. The molecule has 6 heteroatoms. The van der Waals surface area contributed by atoms with Gasteiger partial charge in [-0.3, -0.25) is 0 Å². The number of nitrogens with two attached hydrogens (primary N) is 2. The van der Waals surface area contributed by atoms with Crippen LogP contribution < -0.4 is 11.5 Å². The van der Waals surface area contributed by atoms with Crippen molar-refractivity contribution in [3.05, 3.63) is 18.2 Å². The molecule has 2 aromatic rings. The van der Waals surface area contributed by atoms with Crippen LogP contribution in [0, 0.1) is 0 Å². The van der Waals surface area contributed by atoms with E-state index < -0.39 is 0 Å². The molecule has 1 aromatic carbocycles. The van der Waals surface area contributed by atoms with Crippen LogP contribution in [0.15, 0.2) is 18.2 Å². The summed E-state index contributed by atoms with van der Waals surface area (Å²) in [6.07, 6.45) is 4.67. The smallest absolute Gasteiger partial charge is 0.182 e. The summed E-state index contributed by atoms with van der Waals surface area (Å²) in [7, 11) is 0. The van der Waals surface area contributed by atoms with Gasteiger partial charge in [0.25, 0.3) is 0 Å². The van der Waals surface area contributed by atoms with Gasteiger partial charge in [-0.15, -0.1) is 5.10 Å². The second-order valence-electron chi connectivity index (χ2n) is 5.18. The Morgan fingerprint density at radius 1 is 1.15 bits per heavy atom. The van der Waals surface area contributed by atoms with Crippen molar-refractivity contribution in [1.82, 2.24) is 20.2 Å². The lowest BCUT2D eigenvalue weighted by Crippen LogP contribution is -2.09. The lowest BCUT2D eigenvalue weighted by molar-refractivity contribution is 0.432. The van der Waals surface area contributed by atoms with Gasteiger partial charge in [-0.25, -0.2) is 4.68 Å². The van der Waals surface area contributed by atoms with Gasteiger partial charge in [0.15, 0.2) is 5.82 Å². The van der Waals surface area contributed by atoms with Crippen molar-refractivity contribution in [3.63, 3.8) is 0 Å². The summed E-state index contributed by atoms with van der Waals surface area (Å²) in [6, 6.07) is 5.67. The van der Waals surface area contributed by atoms with Crippen LogP contribution in [-0.4, -0.2) is 20.2 Å². The number of nitrogens with zero attached hydrogens (tertiary/aromatic N) is 4. The van der Waals surface area contributed by atoms with Gasteiger partial charge in [-0.2, -0.15) is 0 Å². The summed E-state index contributed by atoms with van der Waals surface area (Å²) in [5.74, 6) is 0.716. The van der Waals surface area contributed by atoms with Crippen LogP contribution in [0.2, 0.25) is 0 Å². The van der Waals surface area contributed by atoms with E-state index in [-0.39, 0.29) is 6.04 Å². The van der Waals surface area contributed by atoms with E-state index in [1.807, 2.05) is 16.8 Å². The molecule has 0 aliphatic carbocycles. The fourth-order valence-corrected chi connectivity index (χ4v) is 2.30. The maximum atomic E-state index is 5.83. The Morgan fingerprint density at radius 2 is 1.85 bits per heavy atom. The normalized spacial score (nSPS) is 12.5. The number of unbranched alkanes of at least 4 members (excludes halogenated alkanes) is 2. The van der Waals surface area contributed by atoms with E-state index in [1.165, 1.54) is 19.3 Å². The molecule has 0 aliphatic heterocycles. The summed E-state index contributed by atoms with van der Waals surface area (Å²) in [5.41, 5.74) is 13.8. The highest BCUT2D eigenvalue weighted by Crippen LogP contribution is 2.25. The third kappa shape index (κ3) is 3.26. The molecule has 108 valence electrons. The molecule has 0 fully saturated rings. The first-order valence-corrected chi connectivity index (χ1v) is 7.06. The average molecular weight is 274 g/mol. The van der Waals surface area contributed by atoms with Crippen molar-refractivity contribution in [2.45, 2.75) is 45.6 Å². The topological polar surface area (TPSA) is 95.6 Å². The van der Waals surface area contributed by atoms with Crippen LogP contribution in [-0.2, 0) is 0 Å². The quantitative estimate of drug-likeness (QED) is 0.623. The zero-order valence-corrected chi connectivity index (χ0v) is 12.1. The lowest BCUT2D eigenvalue weighted by Gasteiger charge is -2.13. The largest absolute Gasteiger partial charge is 0.399 e. The predicted octanol–water partition coefficient (Wildman–Crippen LogP) is 2.65. The van der Waals surface area contributed by atoms with Gasteiger partial charge in [0.2, 0.25) is 0 Å². The van der Waals surface area contributed by atoms with Gasteiger partial charge in [0.05, 0.1) is 6.04 Å². The predicted molar refractivity (Wildman–Crippen MR) is 80.9 cm³/mol. The van der Waals surface area contributed by atoms with Crippen molar-refractivity contribution in [1.29, 1.82) is 0 Å². The second-order valence-corrected chi connectivity index (χ2v) is 5.18. The van der Waals surface area contributed by atoms with E-state index in [1.54, 1.807) is 6.07 Å². The van der Waals surface area contributed by atoms with E-state index in [0.29, 0.717) is 17.2 Å². The van der Waals surface area contributed by atoms with E-state index in [2.05, 4.69) is 29.4 Å². The van der Waals surface area contributed by atoms with E-state index in [9.17, 15) is 0 Å². The fourth-order valence-electron chi connectivity index (χ4n) is 2.30. The first-order chi connectivity index (χ1) is 9.61. The van der Waals surface area contributed by atoms with Crippen molar-refractivity contribution in [2.75, 3.05) is 11.5 Å². The van der Waals surface area contributed by atoms with Gasteiger partial charge in [0.1, 0.15) is 0 Å². The van der Waals surface area contributed by atoms with Crippen LogP contribution in [0.5, 0.6) is 0 Å². The number of aromatic nitrogens is 4. The van der Waals surface area contributed by atoms with Crippen molar-refractivity contribution < 1.29 is 0 Å². The molecule has 1 atom stereocenters. The molecular weight excluding hydrogens is 252 g/mol. The maximum Gasteiger partial charge on any atom is 0.182 e. The fraction of sp³-hybridized carbons (Fsp3) is 0.500. The molecule has 1 unspecified atom stereocenters. The minimum atomic E-state index is 0.259. The molecule has 1 aromatic heterocycles. The average Bonchev–Trinajstić information content (AvgIpc) is 2.87. The minimum Gasteiger partial charge on any atom is -0.399 e. The first-order valence-electron chi connectivity index (χ1n) is 7.06. The molecular formula is C14H22N6. The minimum absolute atomic E-state index is 0.259. The van der Waals surface area contributed by atoms with Crippen LogP contribution in [0.25, 0.3) is 11.4 Å². The van der Waals surface area contributed by atoms with E-state index in [4.69, 9.17) is 11.5 Å². The molecule has 0 spiro atoms. The SMILES string of the molecule is CCCCCC(C)n1nnnc1-c1cc(N)cc(N)c1. The van der Waals surface area contributed by atoms with Gasteiger partial charge < -0.3 is 11.5 Å². The summed E-state index contributed by atoms with van der Waals surface area (Å²) < 4.78 is 1.85. The van der Waals surface area contributed by atoms with Crippen LogP contribution in [0.4, 0.5) is 11.4 Å². The molecule has 0 aliphatic rings. The Balaban J connectivity index is 2.23. The molecule has 0 saturated carbocycles. The molecule has 0 amide bonds. The van der Waals surface area contributed by atoms with Crippen LogP contribution in [0.3, 0.4) is 0 Å². The van der Waals surface area contributed by atoms with Crippen molar-refractivity contribution in [2.24, 2.45) is 0 Å². The van der Waals surface area contributed by atoms with E-state index >= 15 is 0 Å². The third-order valence-corrected chi connectivity index (χ3v) is 3.37. The monoisotopic (exact) mass is 274 g/mol. The molecule has 4 N–H and O–H groups in total. The number of hydrogen-bond donors (Lipinski definition) is 2. The Bertz CT molecular complexity index is 542. The number of nitrogen functional groups attached to an aromatic ring is 2. The zero-order chi connectivity index (χ0) is 14.5. The van der Waals surface area contributed by atoms with Gasteiger partial charge in [0, 0.05) is 16.9 Å².